The molecular weight excluding hydrogens is 154 g/mol. The fraction of sp³-hybridized carbons (Fsp3) is 0.111. The standard InChI is InChI=1S/C9H9NO2/c11-6-2-4-9-8(7-12)3-1-5-10-9/h1-5,7,11H,6H2. The Balaban J connectivity index is 2.96. The summed E-state index contributed by atoms with van der Waals surface area (Å²) in [6.07, 6.45) is 5.49. The van der Waals surface area contributed by atoms with Crippen molar-refractivity contribution in [1.29, 1.82) is 0 Å². The van der Waals surface area contributed by atoms with E-state index < -0.39 is 0 Å². The van der Waals surface area contributed by atoms with Crippen LogP contribution in [0.15, 0.2) is 24.4 Å². The predicted octanol–water partition coefficient (Wildman–Crippen LogP) is 0.900. The van der Waals surface area contributed by atoms with Gasteiger partial charge in [0.05, 0.1) is 12.3 Å². The molecule has 0 amide bonds. The molecule has 0 radical (unpaired) electrons. The number of carbonyl (C=O) groups is 1. The van der Waals surface area contributed by atoms with Gasteiger partial charge in [0.25, 0.3) is 0 Å². The second-order valence-corrected chi connectivity index (χ2v) is 2.18. The predicted molar refractivity (Wildman–Crippen MR) is 45.7 cm³/mol. The van der Waals surface area contributed by atoms with Gasteiger partial charge in [-0.1, -0.05) is 6.08 Å². The fourth-order valence-electron chi connectivity index (χ4n) is 0.833. The zero-order valence-corrected chi connectivity index (χ0v) is 6.47. The molecule has 0 spiro atoms. The molecule has 62 valence electrons. The van der Waals surface area contributed by atoms with Crippen LogP contribution in [0.1, 0.15) is 16.1 Å². The monoisotopic (exact) mass is 163 g/mol. The Morgan fingerprint density at radius 2 is 2.42 bits per heavy atom. The molecule has 3 nitrogen and oxygen atoms in total. The Morgan fingerprint density at radius 1 is 1.58 bits per heavy atom. The maximum absolute atomic E-state index is 10.5. The van der Waals surface area contributed by atoms with Crippen molar-refractivity contribution in [2.45, 2.75) is 0 Å². The molecule has 0 unspecified atom stereocenters. The number of hydrogen-bond donors (Lipinski definition) is 1. The molecule has 1 aromatic heterocycles. The van der Waals surface area contributed by atoms with Crippen molar-refractivity contribution in [2.75, 3.05) is 6.61 Å². The van der Waals surface area contributed by atoms with Crippen LogP contribution in [0.25, 0.3) is 6.08 Å². The summed E-state index contributed by atoms with van der Waals surface area (Å²) in [4.78, 5) is 14.4. The summed E-state index contributed by atoms with van der Waals surface area (Å²) in [5.74, 6) is 0. The molecule has 1 rings (SSSR count). The summed E-state index contributed by atoms with van der Waals surface area (Å²) >= 11 is 0. The van der Waals surface area contributed by atoms with Crippen LogP contribution in [0.5, 0.6) is 0 Å². The Labute approximate surface area is 70.4 Å². The summed E-state index contributed by atoms with van der Waals surface area (Å²) in [5, 5.41) is 8.49. The molecule has 0 saturated heterocycles. The highest BCUT2D eigenvalue weighted by Crippen LogP contribution is 2.03. The lowest BCUT2D eigenvalue weighted by Crippen LogP contribution is -1.89. The number of pyridine rings is 1. The second kappa shape index (κ2) is 4.41. The summed E-state index contributed by atoms with van der Waals surface area (Å²) in [7, 11) is 0. The molecule has 1 N–H and O–H groups in total. The largest absolute Gasteiger partial charge is 0.392 e. The average molecular weight is 163 g/mol. The molecule has 0 fully saturated rings. The van der Waals surface area contributed by atoms with Gasteiger partial charge in [-0.05, 0) is 18.2 Å². The number of aliphatic hydroxyl groups excluding tert-OH is 1. The van der Waals surface area contributed by atoms with Crippen molar-refractivity contribution in [2.24, 2.45) is 0 Å². The molecule has 0 atom stereocenters. The molecular formula is C9H9NO2. The fourth-order valence-corrected chi connectivity index (χ4v) is 0.833. The van der Waals surface area contributed by atoms with E-state index in [0.29, 0.717) is 11.3 Å². The maximum Gasteiger partial charge on any atom is 0.152 e. The number of aromatic nitrogens is 1. The van der Waals surface area contributed by atoms with Crippen LogP contribution >= 0.6 is 0 Å². The molecule has 1 heterocycles. The van der Waals surface area contributed by atoms with E-state index in [9.17, 15) is 4.79 Å². The zero-order chi connectivity index (χ0) is 8.81. The highest BCUT2D eigenvalue weighted by molar-refractivity contribution is 5.80. The lowest BCUT2D eigenvalue weighted by atomic mass is 10.2. The van der Waals surface area contributed by atoms with Crippen LogP contribution in [0.3, 0.4) is 0 Å². The van der Waals surface area contributed by atoms with E-state index in [4.69, 9.17) is 5.11 Å². The van der Waals surface area contributed by atoms with Crippen LogP contribution in [0.4, 0.5) is 0 Å². The lowest BCUT2D eigenvalue weighted by Gasteiger charge is -1.94. The van der Waals surface area contributed by atoms with E-state index in [1.807, 2.05) is 0 Å². The second-order valence-electron chi connectivity index (χ2n) is 2.18. The third-order valence-electron chi connectivity index (χ3n) is 1.38. The van der Waals surface area contributed by atoms with Gasteiger partial charge >= 0.3 is 0 Å². The molecule has 12 heavy (non-hydrogen) atoms. The summed E-state index contributed by atoms with van der Waals surface area (Å²) < 4.78 is 0. The van der Waals surface area contributed by atoms with Gasteiger partial charge < -0.3 is 5.11 Å². The van der Waals surface area contributed by atoms with Crippen molar-refractivity contribution in [3.8, 4) is 0 Å². The quantitative estimate of drug-likeness (QED) is 0.673. The Kier molecular flexibility index (Phi) is 3.17. The van der Waals surface area contributed by atoms with Crippen LogP contribution in [0.2, 0.25) is 0 Å². The van der Waals surface area contributed by atoms with Gasteiger partial charge in [-0.25, -0.2) is 0 Å². The molecule has 1 aromatic rings. The number of nitrogens with zero attached hydrogens (tertiary/aromatic N) is 1. The van der Waals surface area contributed by atoms with E-state index >= 15 is 0 Å². The first-order chi connectivity index (χ1) is 5.88. The van der Waals surface area contributed by atoms with Gasteiger partial charge in [0.15, 0.2) is 6.29 Å². The first-order valence-corrected chi connectivity index (χ1v) is 3.56. The molecule has 0 bridgehead atoms. The number of aldehydes is 1. The van der Waals surface area contributed by atoms with E-state index in [-0.39, 0.29) is 6.61 Å². The van der Waals surface area contributed by atoms with Crippen molar-refractivity contribution in [3.63, 3.8) is 0 Å². The van der Waals surface area contributed by atoms with Gasteiger partial charge in [0.1, 0.15) is 0 Å². The minimum Gasteiger partial charge on any atom is -0.392 e. The van der Waals surface area contributed by atoms with Gasteiger partial charge in [-0.3, -0.25) is 9.78 Å². The van der Waals surface area contributed by atoms with Crippen LogP contribution in [-0.2, 0) is 0 Å². The normalized spacial score (nSPS) is 10.4. The van der Waals surface area contributed by atoms with Crippen LogP contribution < -0.4 is 0 Å². The molecule has 0 saturated carbocycles. The SMILES string of the molecule is O=Cc1cccnc1C=CCO. The van der Waals surface area contributed by atoms with E-state index in [1.54, 1.807) is 24.4 Å². The average Bonchev–Trinajstić information content (AvgIpc) is 2.15. The summed E-state index contributed by atoms with van der Waals surface area (Å²) in [6, 6.07) is 3.37. The molecule has 0 aromatic carbocycles. The maximum atomic E-state index is 10.5. The summed E-state index contributed by atoms with van der Waals surface area (Å²) in [6.45, 7) is -0.0468. The van der Waals surface area contributed by atoms with Crippen LogP contribution in [-0.4, -0.2) is 23.0 Å². The van der Waals surface area contributed by atoms with E-state index in [0.717, 1.165) is 6.29 Å². The van der Waals surface area contributed by atoms with Gasteiger partial charge in [0.2, 0.25) is 0 Å². The third kappa shape index (κ3) is 2.00. The Bertz CT molecular complexity index is 294. The minimum atomic E-state index is -0.0468. The Hall–Kier alpha value is -1.48. The summed E-state index contributed by atoms with van der Waals surface area (Å²) in [5.41, 5.74) is 1.11. The van der Waals surface area contributed by atoms with Crippen molar-refractivity contribution in [1.82, 2.24) is 4.98 Å². The number of aliphatic hydroxyl groups is 1. The number of rotatable bonds is 3. The zero-order valence-electron chi connectivity index (χ0n) is 6.47. The van der Waals surface area contributed by atoms with E-state index in [2.05, 4.69) is 4.98 Å². The van der Waals surface area contributed by atoms with Gasteiger partial charge in [-0.2, -0.15) is 0 Å². The van der Waals surface area contributed by atoms with Crippen molar-refractivity contribution < 1.29 is 9.90 Å². The smallest absolute Gasteiger partial charge is 0.152 e. The van der Waals surface area contributed by atoms with Gasteiger partial charge in [-0.15, -0.1) is 0 Å². The minimum absolute atomic E-state index is 0.0468. The van der Waals surface area contributed by atoms with Crippen LogP contribution in [0, 0.1) is 0 Å². The molecule has 0 aliphatic rings. The highest BCUT2D eigenvalue weighted by atomic mass is 16.2. The third-order valence-corrected chi connectivity index (χ3v) is 1.38. The first-order valence-electron chi connectivity index (χ1n) is 3.56. The van der Waals surface area contributed by atoms with Crippen molar-refractivity contribution in [3.05, 3.63) is 35.7 Å². The topological polar surface area (TPSA) is 50.2 Å². The number of carbonyl (C=O) groups excluding carboxylic acids is 1. The molecule has 0 aliphatic carbocycles. The first kappa shape index (κ1) is 8.62. The van der Waals surface area contributed by atoms with Gasteiger partial charge in [0, 0.05) is 11.8 Å². The molecule has 3 heteroatoms. The lowest BCUT2D eigenvalue weighted by molar-refractivity contribution is 0.112. The Morgan fingerprint density at radius 3 is 3.08 bits per heavy atom. The van der Waals surface area contributed by atoms with E-state index in [1.165, 1.54) is 6.08 Å². The van der Waals surface area contributed by atoms with Crippen molar-refractivity contribution >= 4 is 12.4 Å². The highest BCUT2D eigenvalue weighted by Gasteiger charge is 1.95. The number of hydrogen-bond acceptors (Lipinski definition) is 3. The molecule has 0 aliphatic heterocycles.